The van der Waals surface area contributed by atoms with Crippen LogP contribution in [0, 0.1) is 6.92 Å². The van der Waals surface area contributed by atoms with Crippen LogP contribution in [-0.2, 0) is 11.3 Å². The van der Waals surface area contributed by atoms with Crippen LogP contribution < -0.4 is 5.32 Å². The Hall–Kier alpha value is -1.94. The van der Waals surface area contributed by atoms with Crippen LogP contribution in [0.15, 0.2) is 10.5 Å². The Kier molecular flexibility index (Phi) is 5.72. The van der Waals surface area contributed by atoms with Crippen molar-refractivity contribution in [3.63, 3.8) is 0 Å². The van der Waals surface area contributed by atoms with Crippen molar-refractivity contribution in [2.45, 2.75) is 24.7 Å². The highest BCUT2D eigenvalue weighted by atomic mass is 32.2. The number of carbonyl (C=O) groups excluding carboxylic acids is 2. The lowest BCUT2D eigenvalue weighted by Gasteiger charge is -2.07. The minimum atomic E-state index is -0.265. The minimum Gasteiger partial charge on any atom is -0.348 e. The van der Waals surface area contributed by atoms with Crippen LogP contribution in [0.5, 0.6) is 0 Å². The van der Waals surface area contributed by atoms with Gasteiger partial charge in [-0.25, -0.2) is 0 Å². The van der Waals surface area contributed by atoms with Crippen molar-refractivity contribution in [2.24, 2.45) is 0 Å². The van der Waals surface area contributed by atoms with Crippen LogP contribution in [0.3, 0.4) is 0 Å². The predicted molar refractivity (Wildman–Crippen MR) is 89.9 cm³/mol. The second-order valence-corrected chi connectivity index (χ2v) is 7.09. The predicted octanol–water partition coefficient (Wildman–Crippen LogP) is 1.50. The molecule has 0 spiro atoms. The molecule has 2 amide bonds. The largest absolute Gasteiger partial charge is 0.348 e. The SMILES string of the molecule is CCn1cc(C(=O)Nc2nnc(SCC(=O)N(C)C)s2)c(C)n1. The van der Waals surface area contributed by atoms with Gasteiger partial charge in [0.25, 0.3) is 5.91 Å². The zero-order chi connectivity index (χ0) is 17.0. The standard InChI is InChI=1S/C13H18N6O2S2/c1-5-19-6-9(8(2)17-19)11(21)14-12-15-16-13(23-12)22-7-10(20)18(3)4/h6H,5,7H2,1-4H3,(H,14,15,21). The smallest absolute Gasteiger partial charge is 0.260 e. The van der Waals surface area contributed by atoms with Gasteiger partial charge in [-0.2, -0.15) is 5.10 Å². The van der Waals surface area contributed by atoms with E-state index in [4.69, 9.17) is 0 Å². The maximum absolute atomic E-state index is 12.2. The lowest BCUT2D eigenvalue weighted by atomic mass is 10.2. The molecule has 0 fully saturated rings. The summed E-state index contributed by atoms with van der Waals surface area (Å²) in [5, 5.41) is 15.2. The third-order valence-electron chi connectivity index (χ3n) is 2.96. The average Bonchev–Trinajstić information content (AvgIpc) is 3.10. The van der Waals surface area contributed by atoms with Gasteiger partial charge in [-0.1, -0.05) is 23.1 Å². The Morgan fingerprint density at radius 1 is 1.39 bits per heavy atom. The Morgan fingerprint density at radius 3 is 2.74 bits per heavy atom. The average molecular weight is 354 g/mol. The molecule has 8 nitrogen and oxygen atoms in total. The highest BCUT2D eigenvalue weighted by Crippen LogP contribution is 2.26. The molecule has 10 heteroatoms. The normalized spacial score (nSPS) is 10.6. The summed E-state index contributed by atoms with van der Waals surface area (Å²) < 4.78 is 2.34. The van der Waals surface area contributed by atoms with Gasteiger partial charge >= 0.3 is 0 Å². The maximum Gasteiger partial charge on any atom is 0.260 e. The first-order chi connectivity index (χ1) is 10.9. The van der Waals surface area contributed by atoms with Crippen molar-refractivity contribution >= 4 is 40.0 Å². The molecule has 0 aliphatic carbocycles. The summed E-state index contributed by atoms with van der Waals surface area (Å²) >= 11 is 2.54. The molecular formula is C13H18N6O2S2. The second-order valence-electron chi connectivity index (χ2n) is 4.89. The highest BCUT2D eigenvalue weighted by molar-refractivity contribution is 8.01. The monoisotopic (exact) mass is 354 g/mol. The van der Waals surface area contributed by atoms with Crippen LogP contribution in [0.2, 0.25) is 0 Å². The van der Waals surface area contributed by atoms with Gasteiger partial charge in [-0.05, 0) is 13.8 Å². The molecule has 2 aromatic heterocycles. The van der Waals surface area contributed by atoms with Gasteiger partial charge in [-0.15, -0.1) is 10.2 Å². The third-order valence-corrected chi connectivity index (χ3v) is 4.92. The molecule has 124 valence electrons. The summed E-state index contributed by atoms with van der Waals surface area (Å²) in [6.45, 7) is 4.44. The van der Waals surface area contributed by atoms with Crippen molar-refractivity contribution < 1.29 is 9.59 Å². The van der Waals surface area contributed by atoms with E-state index in [0.29, 0.717) is 27.3 Å². The molecule has 1 N–H and O–H groups in total. The van der Waals surface area contributed by atoms with Crippen LogP contribution >= 0.6 is 23.1 Å². The van der Waals surface area contributed by atoms with Crippen molar-refractivity contribution in [2.75, 3.05) is 25.2 Å². The van der Waals surface area contributed by atoms with Crippen molar-refractivity contribution in [1.29, 1.82) is 0 Å². The molecule has 23 heavy (non-hydrogen) atoms. The molecule has 0 aliphatic heterocycles. The van der Waals surface area contributed by atoms with E-state index in [9.17, 15) is 9.59 Å². The molecule has 0 atom stereocenters. The summed E-state index contributed by atoms with van der Waals surface area (Å²) in [5.41, 5.74) is 1.18. The summed E-state index contributed by atoms with van der Waals surface area (Å²) in [5.74, 6) is 0.0236. The van der Waals surface area contributed by atoms with Gasteiger partial charge in [0.05, 0.1) is 17.0 Å². The number of hydrogen-bond donors (Lipinski definition) is 1. The van der Waals surface area contributed by atoms with Crippen LogP contribution in [0.4, 0.5) is 5.13 Å². The lowest BCUT2D eigenvalue weighted by Crippen LogP contribution is -2.23. The van der Waals surface area contributed by atoms with E-state index in [1.165, 1.54) is 28.0 Å². The molecule has 0 aliphatic rings. The third kappa shape index (κ3) is 4.52. The van der Waals surface area contributed by atoms with Crippen molar-refractivity contribution in [3.8, 4) is 0 Å². The molecular weight excluding hydrogens is 336 g/mol. The molecule has 0 radical (unpaired) electrons. The first-order valence-electron chi connectivity index (χ1n) is 6.92. The lowest BCUT2D eigenvalue weighted by molar-refractivity contribution is -0.125. The molecule has 2 rings (SSSR count). The number of amides is 2. The fraction of sp³-hybridized carbons (Fsp3) is 0.462. The Labute approximate surface area is 142 Å². The van der Waals surface area contributed by atoms with E-state index >= 15 is 0 Å². The van der Waals surface area contributed by atoms with Gasteiger partial charge in [0.2, 0.25) is 11.0 Å². The van der Waals surface area contributed by atoms with E-state index in [2.05, 4.69) is 20.6 Å². The summed E-state index contributed by atoms with van der Waals surface area (Å²) in [4.78, 5) is 25.3. The number of nitrogens with one attached hydrogen (secondary N) is 1. The second kappa shape index (κ2) is 7.55. The Bertz CT molecular complexity index is 709. The van der Waals surface area contributed by atoms with E-state index in [-0.39, 0.29) is 17.6 Å². The van der Waals surface area contributed by atoms with Crippen LogP contribution in [-0.4, -0.2) is 56.5 Å². The number of hydrogen-bond acceptors (Lipinski definition) is 7. The number of anilines is 1. The Balaban J connectivity index is 1.97. The molecule has 0 aromatic carbocycles. The minimum absolute atomic E-state index is 0.00149. The number of thioether (sulfide) groups is 1. The summed E-state index contributed by atoms with van der Waals surface area (Å²) in [6, 6.07) is 0. The highest BCUT2D eigenvalue weighted by Gasteiger charge is 2.16. The molecule has 0 saturated heterocycles. The van der Waals surface area contributed by atoms with E-state index in [1.54, 1.807) is 31.9 Å². The first kappa shape index (κ1) is 17.4. The van der Waals surface area contributed by atoms with E-state index < -0.39 is 0 Å². The quantitative estimate of drug-likeness (QED) is 0.624. The Morgan fingerprint density at radius 2 is 2.13 bits per heavy atom. The van der Waals surface area contributed by atoms with E-state index in [0.717, 1.165) is 0 Å². The van der Waals surface area contributed by atoms with Gasteiger partial charge < -0.3 is 4.90 Å². The van der Waals surface area contributed by atoms with Gasteiger partial charge in [0.15, 0.2) is 4.34 Å². The number of nitrogens with zero attached hydrogens (tertiary/aromatic N) is 5. The molecule has 0 unspecified atom stereocenters. The number of rotatable bonds is 6. The maximum atomic E-state index is 12.2. The van der Waals surface area contributed by atoms with E-state index in [1.807, 2.05) is 6.92 Å². The van der Waals surface area contributed by atoms with Gasteiger partial charge in [-0.3, -0.25) is 19.6 Å². The van der Waals surface area contributed by atoms with Crippen LogP contribution in [0.25, 0.3) is 0 Å². The number of carbonyl (C=O) groups is 2. The molecule has 0 saturated carbocycles. The number of aryl methyl sites for hydroxylation is 2. The fourth-order valence-electron chi connectivity index (χ4n) is 1.64. The van der Waals surface area contributed by atoms with Gasteiger partial charge in [0, 0.05) is 26.8 Å². The van der Waals surface area contributed by atoms with Crippen molar-refractivity contribution in [3.05, 3.63) is 17.5 Å². The molecule has 0 bridgehead atoms. The van der Waals surface area contributed by atoms with Crippen molar-refractivity contribution in [1.82, 2.24) is 24.9 Å². The zero-order valence-corrected chi connectivity index (χ0v) is 15.0. The summed E-state index contributed by atoms with van der Waals surface area (Å²) in [7, 11) is 3.40. The molecule has 2 heterocycles. The fourth-order valence-corrected chi connectivity index (χ4v) is 3.36. The summed E-state index contributed by atoms with van der Waals surface area (Å²) in [6.07, 6.45) is 1.71. The first-order valence-corrected chi connectivity index (χ1v) is 8.72. The topological polar surface area (TPSA) is 93.0 Å². The van der Waals surface area contributed by atoms with Gasteiger partial charge in [0.1, 0.15) is 0 Å². The number of aromatic nitrogens is 4. The van der Waals surface area contributed by atoms with Crippen LogP contribution in [0.1, 0.15) is 23.0 Å². The molecule has 2 aromatic rings. The zero-order valence-electron chi connectivity index (χ0n) is 13.4.